The second-order valence-electron chi connectivity index (χ2n) is 2.67. The summed E-state index contributed by atoms with van der Waals surface area (Å²) in [6.07, 6.45) is 0. The summed E-state index contributed by atoms with van der Waals surface area (Å²) >= 11 is 10.7. The molecule has 0 heterocycles. The van der Waals surface area contributed by atoms with Gasteiger partial charge in [-0.05, 0) is 12.1 Å². The van der Waals surface area contributed by atoms with Crippen molar-refractivity contribution in [3.05, 3.63) is 40.5 Å². The summed E-state index contributed by atoms with van der Waals surface area (Å²) < 4.78 is 24.9. The van der Waals surface area contributed by atoms with Gasteiger partial charge in [0.2, 0.25) is 0 Å². The van der Waals surface area contributed by atoms with Crippen LogP contribution < -0.4 is 4.72 Å². The number of benzene rings is 1. The number of hydrogen-bond acceptors (Lipinski definition) is 3. The molecule has 0 unspecified atom stereocenters. The van der Waals surface area contributed by atoms with Gasteiger partial charge in [-0.15, -0.1) is 0 Å². The molecule has 0 aliphatic rings. The molecule has 1 N–H and O–H groups in total. The van der Waals surface area contributed by atoms with Crippen LogP contribution in [0.15, 0.2) is 45.4 Å². The Morgan fingerprint density at radius 3 is 2.25 bits per heavy atom. The summed E-state index contributed by atoms with van der Waals surface area (Å²) in [5, 5.41) is 8.60. The maximum Gasteiger partial charge on any atom is 0.262 e. The highest BCUT2D eigenvalue weighted by molar-refractivity contribution is 7.89. The van der Waals surface area contributed by atoms with E-state index in [1.165, 1.54) is 12.1 Å². The molecule has 0 saturated heterocycles. The third kappa shape index (κ3) is 3.14. The van der Waals surface area contributed by atoms with Crippen LogP contribution in [-0.2, 0) is 10.0 Å². The van der Waals surface area contributed by atoms with Crippen LogP contribution in [0.5, 0.6) is 0 Å². The van der Waals surface area contributed by atoms with Gasteiger partial charge in [0, 0.05) is 0 Å². The normalized spacial score (nSPS) is 10.3. The molecule has 0 aromatic heterocycles. The van der Waals surface area contributed by atoms with E-state index in [0.29, 0.717) is 0 Å². The molecule has 1 rings (SSSR count). The molecular weight excluding hydrogens is 271 g/mol. The largest absolute Gasteiger partial charge is 0.268 e. The first-order valence-electron chi connectivity index (χ1n) is 4.00. The van der Waals surface area contributed by atoms with E-state index in [4.69, 9.17) is 28.5 Å². The highest BCUT2D eigenvalue weighted by Gasteiger charge is 2.16. The number of sulfonamides is 1. The minimum absolute atomic E-state index is 0.0253. The van der Waals surface area contributed by atoms with Gasteiger partial charge < -0.3 is 0 Å². The zero-order valence-corrected chi connectivity index (χ0v) is 10.1. The number of rotatable bonds is 3. The monoisotopic (exact) mass is 276 g/mol. The van der Waals surface area contributed by atoms with Crippen LogP contribution in [0.25, 0.3) is 0 Å². The Labute approximate surface area is 103 Å². The van der Waals surface area contributed by atoms with E-state index in [2.05, 4.69) is 0 Å². The van der Waals surface area contributed by atoms with E-state index in [1.54, 1.807) is 24.3 Å². The summed E-state index contributed by atoms with van der Waals surface area (Å²) in [6.45, 7) is 0. The fraction of sp³-hybridized carbons (Fsp3) is 0. The topological polar surface area (TPSA) is 70.0 Å². The van der Waals surface area contributed by atoms with Crippen LogP contribution >= 0.6 is 23.2 Å². The molecular formula is C9H6Cl2N2O2S. The van der Waals surface area contributed by atoms with Crippen LogP contribution in [0.3, 0.4) is 0 Å². The first-order valence-corrected chi connectivity index (χ1v) is 6.24. The van der Waals surface area contributed by atoms with Crippen LogP contribution in [0.1, 0.15) is 0 Å². The minimum Gasteiger partial charge on any atom is -0.268 e. The van der Waals surface area contributed by atoms with Crippen molar-refractivity contribution >= 4 is 33.2 Å². The van der Waals surface area contributed by atoms with E-state index in [9.17, 15) is 8.42 Å². The van der Waals surface area contributed by atoms with E-state index >= 15 is 0 Å². The lowest BCUT2D eigenvalue weighted by atomic mass is 10.4. The number of hydrogen-bond donors (Lipinski definition) is 1. The van der Waals surface area contributed by atoms with Gasteiger partial charge in [0.25, 0.3) is 10.0 Å². The molecule has 0 amide bonds. The third-order valence-electron chi connectivity index (χ3n) is 1.59. The van der Waals surface area contributed by atoms with Crippen LogP contribution in [-0.4, -0.2) is 8.42 Å². The Kier molecular flexibility index (Phi) is 4.19. The van der Waals surface area contributed by atoms with Gasteiger partial charge in [0.05, 0.1) is 4.90 Å². The van der Waals surface area contributed by atoms with Gasteiger partial charge in [0.15, 0.2) is 5.70 Å². The van der Waals surface area contributed by atoms with Gasteiger partial charge in [0.1, 0.15) is 10.6 Å². The summed E-state index contributed by atoms with van der Waals surface area (Å²) in [4.78, 5) is 0.0253. The van der Waals surface area contributed by atoms with Crippen molar-refractivity contribution in [3.63, 3.8) is 0 Å². The minimum atomic E-state index is -3.82. The molecule has 16 heavy (non-hydrogen) atoms. The molecule has 7 heteroatoms. The molecule has 0 spiro atoms. The number of nitrogens with one attached hydrogen (secondary N) is 1. The maximum atomic E-state index is 11.7. The SMILES string of the molecule is N#CC(NS(=O)(=O)c1ccccc1)=C(Cl)Cl. The standard InChI is InChI=1S/C9H6Cl2N2O2S/c10-9(11)8(6-12)13-16(14,15)7-4-2-1-3-5-7/h1-5,13H. The highest BCUT2D eigenvalue weighted by Crippen LogP contribution is 2.15. The summed E-state index contributed by atoms with van der Waals surface area (Å²) in [5.74, 6) is 0. The van der Waals surface area contributed by atoms with Crippen LogP contribution in [0, 0.1) is 11.3 Å². The van der Waals surface area contributed by atoms with Gasteiger partial charge in [-0.25, -0.2) is 8.42 Å². The van der Waals surface area contributed by atoms with Crippen molar-refractivity contribution < 1.29 is 8.42 Å². The molecule has 84 valence electrons. The predicted octanol–water partition coefficient (Wildman–Crippen LogP) is 2.14. The van der Waals surface area contributed by atoms with Gasteiger partial charge in [-0.2, -0.15) is 5.26 Å². The Bertz CT molecular complexity index is 543. The lowest BCUT2D eigenvalue weighted by Crippen LogP contribution is -2.22. The number of halogens is 2. The molecule has 0 aliphatic heterocycles. The predicted molar refractivity (Wildman–Crippen MR) is 61.1 cm³/mol. The fourth-order valence-corrected chi connectivity index (χ4v) is 2.24. The smallest absolute Gasteiger partial charge is 0.262 e. The van der Waals surface area contributed by atoms with Crippen LogP contribution in [0.2, 0.25) is 0 Å². The average Bonchev–Trinajstić information content (AvgIpc) is 2.27. The van der Waals surface area contributed by atoms with Crippen molar-refractivity contribution in [2.75, 3.05) is 0 Å². The van der Waals surface area contributed by atoms with E-state index in [0.717, 1.165) is 0 Å². The van der Waals surface area contributed by atoms with Crippen molar-refractivity contribution in [2.45, 2.75) is 4.90 Å². The Morgan fingerprint density at radius 1 is 1.25 bits per heavy atom. The second kappa shape index (κ2) is 5.21. The first-order chi connectivity index (χ1) is 7.47. The Hall–Kier alpha value is -1.22. The van der Waals surface area contributed by atoms with E-state index < -0.39 is 20.2 Å². The van der Waals surface area contributed by atoms with Gasteiger partial charge in [-0.1, -0.05) is 41.4 Å². The van der Waals surface area contributed by atoms with Gasteiger partial charge >= 0.3 is 0 Å². The summed E-state index contributed by atoms with van der Waals surface area (Å²) in [6, 6.07) is 9.13. The molecule has 0 bridgehead atoms. The van der Waals surface area contributed by atoms with Crippen molar-refractivity contribution in [2.24, 2.45) is 0 Å². The summed E-state index contributed by atoms with van der Waals surface area (Å²) in [5.41, 5.74) is -0.410. The molecule has 0 saturated carbocycles. The number of nitriles is 1. The highest BCUT2D eigenvalue weighted by atomic mass is 35.5. The lowest BCUT2D eigenvalue weighted by Gasteiger charge is -2.05. The van der Waals surface area contributed by atoms with E-state index in [-0.39, 0.29) is 4.90 Å². The van der Waals surface area contributed by atoms with Crippen molar-refractivity contribution in [1.29, 1.82) is 5.26 Å². The van der Waals surface area contributed by atoms with Crippen molar-refractivity contribution in [1.82, 2.24) is 4.72 Å². The van der Waals surface area contributed by atoms with Gasteiger partial charge in [-0.3, -0.25) is 4.72 Å². The fourth-order valence-electron chi connectivity index (χ4n) is 0.897. The Morgan fingerprint density at radius 2 is 1.81 bits per heavy atom. The quantitative estimate of drug-likeness (QED) is 0.860. The molecule has 4 nitrogen and oxygen atoms in total. The summed E-state index contributed by atoms with van der Waals surface area (Å²) in [7, 11) is -3.82. The van der Waals surface area contributed by atoms with E-state index in [1.807, 2.05) is 4.72 Å². The van der Waals surface area contributed by atoms with Crippen LogP contribution in [0.4, 0.5) is 0 Å². The Balaban J connectivity index is 3.09. The molecule has 0 fully saturated rings. The zero-order chi connectivity index (χ0) is 12.2. The zero-order valence-electron chi connectivity index (χ0n) is 7.81. The first kappa shape index (κ1) is 12.8. The number of allylic oxidation sites excluding steroid dienone is 1. The molecule has 1 aromatic carbocycles. The van der Waals surface area contributed by atoms with Crippen molar-refractivity contribution in [3.8, 4) is 6.07 Å². The third-order valence-corrected chi connectivity index (χ3v) is 3.33. The second-order valence-corrected chi connectivity index (χ2v) is 5.30. The molecule has 0 aliphatic carbocycles. The molecule has 1 aromatic rings. The molecule has 0 radical (unpaired) electrons. The lowest BCUT2D eigenvalue weighted by molar-refractivity contribution is 0.589. The average molecular weight is 277 g/mol. The maximum absolute atomic E-state index is 11.7. The number of nitrogens with zero attached hydrogens (tertiary/aromatic N) is 1. The molecule has 0 atom stereocenters.